The first-order valence-electron chi connectivity index (χ1n) is 7.54. The molecule has 1 aromatic heterocycles. The summed E-state index contributed by atoms with van der Waals surface area (Å²) in [7, 11) is -3.96. The molecule has 2 atom stereocenters. The molecule has 1 saturated carbocycles. The van der Waals surface area contributed by atoms with Gasteiger partial charge in [0.15, 0.2) is 11.5 Å². The zero-order valence-electron chi connectivity index (χ0n) is 12.6. The van der Waals surface area contributed by atoms with E-state index in [-0.39, 0.29) is 16.7 Å². The first-order chi connectivity index (χ1) is 11.5. The van der Waals surface area contributed by atoms with Gasteiger partial charge in [-0.15, -0.1) is 0 Å². The Morgan fingerprint density at radius 3 is 2.67 bits per heavy atom. The Balaban J connectivity index is 1.48. The zero-order chi connectivity index (χ0) is 16.7. The van der Waals surface area contributed by atoms with E-state index in [2.05, 4.69) is 4.72 Å². The van der Waals surface area contributed by atoms with Gasteiger partial charge in [-0.2, -0.15) is 0 Å². The van der Waals surface area contributed by atoms with Gasteiger partial charge in [0.1, 0.15) is 19.0 Å². The number of carbonyl (C=O) groups is 1. The largest absolute Gasteiger partial charge is 0.486 e. The van der Waals surface area contributed by atoms with Gasteiger partial charge in [0.2, 0.25) is 5.91 Å². The van der Waals surface area contributed by atoms with E-state index in [4.69, 9.17) is 13.9 Å². The smallest absolute Gasteiger partial charge is 0.264 e. The van der Waals surface area contributed by atoms with Crippen molar-refractivity contribution in [1.29, 1.82) is 0 Å². The average Bonchev–Trinajstić information content (AvgIpc) is 3.20. The fraction of sp³-hybridized carbons (Fsp3) is 0.312. The van der Waals surface area contributed by atoms with E-state index in [1.807, 2.05) is 0 Å². The van der Waals surface area contributed by atoms with Crippen LogP contribution in [0.2, 0.25) is 0 Å². The summed E-state index contributed by atoms with van der Waals surface area (Å²) in [6.45, 7) is 0.779. The molecule has 7 nitrogen and oxygen atoms in total. The van der Waals surface area contributed by atoms with Gasteiger partial charge in [-0.05, 0) is 30.7 Å². The topological polar surface area (TPSA) is 94.8 Å². The number of nitrogens with one attached hydrogen (secondary N) is 1. The normalized spacial score (nSPS) is 22.0. The van der Waals surface area contributed by atoms with Crippen LogP contribution in [-0.4, -0.2) is 27.5 Å². The lowest BCUT2D eigenvalue weighted by atomic mass is 10.2. The Hall–Kier alpha value is -2.48. The Labute approximate surface area is 138 Å². The van der Waals surface area contributed by atoms with Crippen LogP contribution in [0.3, 0.4) is 0 Å². The molecule has 1 fully saturated rings. The number of benzene rings is 1. The number of rotatable bonds is 4. The minimum Gasteiger partial charge on any atom is -0.486 e. The molecule has 4 rings (SSSR count). The molecular formula is C16H15NO6S. The third kappa shape index (κ3) is 2.73. The van der Waals surface area contributed by atoms with Crippen molar-refractivity contribution in [3.63, 3.8) is 0 Å². The SMILES string of the molecule is O=C(NS(=O)(=O)c1ccc2c(c1)OCCO2)[C@H]1C[C@H]1c1ccco1. The lowest BCUT2D eigenvalue weighted by Gasteiger charge is -2.18. The van der Waals surface area contributed by atoms with Crippen LogP contribution in [0.25, 0.3) is 0 Å². The number of carbonyl (C=O) groups excluding carboxylic acids is 1. The molecule has 0 saturated heterocycles. The van der Waals surface area contributed by atoms with Crippen molar-refractivity contribution in [3.05, 3.63) is 42.4 Å². The zero-order valence-corrected chi connectivity index (χ0v) is 13.4. The van der Waals surface area contributed by atoms with Crippen molar-refractivity contribution in [2.24, 2.45) is 5.92 Å². The summed E-state index contributed by atoms with van der Waals surface area (Å²) in [5.41, 5.74) is 0. The summed E-state index contributed by atoms with van der Waals surface area (Å²) >= 11 is 0. The van der Waals surface area contributed by atoms with Gasteiger partial charge in [0.25, 0.3) is 10.0 Å². The van der Waals surface area contributed by atoms with Crippen LogP contribution < -0.4 is 14.2 Å². The second-order valence-electron chi connectivity index (χ2n) is 5.74. The maximum atomic E-state index is 12.4. The molecule has 1 amide bonds. The van der Waals surface area contributed by atoms with Crippen LogP contribution in [0.15, 0.2) is 45.9 Å². The number of hydrogen-bond acceptors (Lipinski definition) is 6. The van der Waals surface area contributed by atoms with Crippen molar-refractivity contribution >= 4 is 15.9 Å². The van der Waals surface area contributed by atoms with Crippen molar-refractivity contribution in [1.82, 2.24) is 4.72 Å². The molecule has 2 aliphatic rings. The maximum absolute atomic E-state index is 12.4. The van der Waals surface area contributed by atoms with E-state index in [0.717, 1.165) is 0 Å². The Morgan fingerprint density at radius 2 is 1.92 bits per heavy atom. The molecule has 24 heavy (non-hydrogen) atoms. The summed E-state index contributed by atoms with van der Waals surface area (Å²) in [6, 6.07) is 7.80. The minimum atomic E-state index is -3.96. The molecule has 1 aliphatic heterocycles. The van der Waals surface area contributed by atoms with Gasteiger partial charge in [-0.1, -0.05) is 0 Å². The molecule has 0 unspecified atom stereocenters. The fourth-order valence-corrected chi connectivity index (χ4v) is 3.80. The highest BCUT2D eigenvalue weighted by molar-refractivity contribution is 7.90. The summed E-state index contributed by atoms with van der Waals surface area (Å²) in [6.07, 6.45) is 2.12. The molecule has 0 radical (unpaired) electrons. The molecule has 2 aromatic rings. The van der Waals surface area contributed by atoms with Crippen molar-refractivity contribution < 1.29 is 27.1 Å². The first-order valence-corrected chi connectivity index (χ1v) is 9.02. The summed E-state index contributed by atoms with van der Waals surface area (Å²) < 4.78 is 42.9. The standard InChI is InChI=1S/C16H15NO6S/c18-16(12-9-11(12)13-2-1-5-21-13)17-24(19,20)10-3-4-14-15(8-10)23-7-6-22-14/h1-5,8,11-12H,6-7,9H2,(H,17,18)/t11-,12+/m1/s1. The summed E-state index contributed by atoms with van der Waals surface area (Å²) in [4.78, 5) is 12.2. The highest BCUT2D eigenvalue weighted by Crippen LogP contribution is 2.47. The van der Waals surface area contributed by atoms with E-state index in [1.54, 1.807) is 12.1 Å². The van der Waals surface area contributed by atoms with Crippen LogP contribution in [0.1, 0.15) is 18.1 Å². The molecule has 0 bridgehead atoms. The van der Waals surface area contributed by atoms with Crippen LogP contribution in [0.4, 0.5) is 0 Å². The lowest BCUT2D eigenvalue weighted by Crippen LogP contribution is -2.32. The van der Waals surface area contributed by atoms with Gasteiger partial charge in [-0.3, -0.25) is 4.79 Å². The number of sulfonamides is 1. The van der Waals surface area contributed by atoms with Crippen LogP contribution in [0.5, 0.6) is 11.5 Å². The van der Waals surface area contributed by atoms with Crippen LogP contribution >= 0.6 is 0 Å². The maximum Gasteiger partial charge on any atom is 0.264 e. The van der Waals surface area contributed by atoms with E-state index >= 15 is 0 Å². The third-order valence-electron chi connectivity index (χ3n) is 4.09. The predicted octanol–water partition coefficient (Wildman–Crippen LogP) is 1.66. The Morgan fingerprint density at radius 1 is 1.12 bits per heavy atom. The number of furan rings is 1. The second kappa shape index (κ2) is 5.55. The predicted molar refractivity (Wildman–Crippen MR) is 82.3 cm³/mol. The van der Waals surface area contributed by atoms with E-state index in [1.165, 1.54) is 24.5 Å². The Bertz CT molecular complexity index is 874. The van der Waals surface area contributed by atoms with Crippen molar-refractivity contribution in [3.8, 4) is 11.5 Å². The number of ether oxygens (including phenoxy) is 2. The van der Waals surface area contributed by atoms with Crippen molar-refractivity contribution in [2.45, 2.75) is 17.2 Å². The van der Waals surface area contributed by atoms with Gasteiger partial charge in [-0.25, -0.2) is 13.1 Å². The molecule has 1 aromatic carbocycles. The molecule has 1 N–H and O–H groups in total. The van der Waals surface area contributed by atoms with Crippen LogP contribution in [-0.2, 0) is 14.8 Å². The third-order valence-corrected chi connectivity index (χ3v) is 5.44. The van der Waals surface area contributed by atoms with E-state index < -0.39 is 15.9 Å². The molecule has 126 valence electrons. The second-order valence-corrected chi connectivity index (χ2v) is 7.42. The summed E-state index contributed by atoms with van der Waals surface area (Å²) in [5, 5.41) is 0. The van der Waals surface area contributed by atoms with Gasteiger partial charge >= 0.3 is 0 Å². The monoisotopic (exact) mass is 349 g/mol. The van der Waals surface area contributed by atoms with Gasteiger partial charge in [0.05, 0.1) is 11.2 Å². The minimum absolute atomic E-state index is 0.0321. The van der Waals surface area contributed by atoms with E-state index in [0.29, 0.717) is 36.9 Å². The molecule has 8 heteroatoms. The van der Waals surface area contributed by atoms with E-state index in [9.17, 15) is 13.2 Å². The number of fused-ring (bicyclic) bond motifs is 1. The quantitative estimate of drug-likeness (QED) is 0.902. The number of amides is 1. The lowest BCUT2D eigenvalue weighted by molar-refractivity contribution is -0.120. The van der Waals surface area contributed by atoms with Crippen LogP contribution in [0, 0.1) is 5.92 Å². The number of hydrogen-bond donors (Lipinski definition) is 1. The highest BCUT2D eigenvalue weighted by Gasteiger charge is 2.47. The Kier molecular flexibility index (Phi) is 3.49. The molecule has 1 aliphatic carbocycles. The average molecular weight is 349 g/mol. The highest BCUT2D eigenvalue weighted by atomic mass is 32.2. The first kappa shape index (κ1) is 15.1. The van der Waals surface area contributed by atoms with Gasteiger partial charge < -0.3 is 13.9 Å². The van der Waals surface area contributed by atoms with Gasteiger partial charge in [0, 0.05) is 17.9 Å². The fourth-order valence-electron chi connectivity index (χ4n) is 2.76. The molecular weight excluding hydrogens is 334 g/mol. The summed E-state index contributed by atoms with van der Waals surface area (Å²) in [5.74, 6) is 0.583. The van der Waals surface area contributed by atoms with Crippen molar-refractivity contribution in [2.75, 3.05) is 13.2 Å². The molecule has 2 heterocycles. The molecule has 0 spiro atoms.